The van der Waals surface area contributed by atoms with Gasteiger partial charge in [0.25, 0.3) is 0 Å². The van der Waals surface area contributed by atoms with Gasteiger partial charge in [0, 0.05) is 0 Å². The minimum atomic E-state index is 0.00636. The number of piperidine rings is 1. The molecule has 0 bridgehead atoms. The predicted octanol–water partition coefficient (Wildman–Crippen LogP) is 2.26. The largest absolute Gasteiger partial charge is 0.504 e. The molecule has 3 nitrogen and oxygen atoms in total. The molecule has 0 spiro atoms. The van der Waals surface area contributed by atoms with E-state index in [2.05, 4.69) is 5.32 Å². The van der Waals surface area contributed by atoms with Crippen molar-refractivity contribution in [1.82, 2.24) is 5.32 Å². The van der Waals surface area contributed by atoms with E-state index in [9.17, 15) is 10.2 Å². The topological polar surface area (TPSA) is 52.5 Å². The summed E-state index contributed by atoms with van der Waals surface area (Å²) in [7, 11) is 0. The number of rotatable bonds is 2. The molecule has 2 rings (SSSR count). The van der Waals surface area contributed by atoms with Crippen LogP contribution in [0.2, 0.25) is 0 Å². The first-order valence-electron chi connectivity index (χ1n) is 6.31. The van der Waals surface area contributed by atoms with Gasteiger partial charge in [0.2, 0.25) is 0 Å². The van der Waals surface area contributed by atoms with E-state index in [0.717, 1.165) is 36.2 Å². The fourth-order valence-corrected chi connectivity index (χ4v) is 2.57. The second-order valence-corrected chi connectivity index (χ2v) is 5.07. The third kappa shape index (κ3) is 2.55. The van der Waals surface area contributed by atoms with Gasteiger partial charge in [0.1, 0.15) is 0 Å². The Labute approximate surface area is 102 Å². The number of hydrogen-bond donors (Lipinski definition) is 3. The molecule has 3 heteroatoms. The van der Waals surface area contributed by atoms with Crippen molar-refractivity contribution in [2.45, 2.75) is 33.1 Å². The standard InChI is InChI=1S/C14H21NO2/c1-9-10(2)14(17)13(16)7-12(9)6-11-4-3-5-15-8-11/h7,11,15-17H,3-6,8H2,1-2H3. The highest BCUT2D eigenvalue weighted by atomic mass is 16.3. The number of phenolic OH excluding ortho intramolecular Hbond substituents is 2. The molecule has 1 aromatic carbocycles. The van der Waals surface area contributed by atoms with Gasteiger partial charge in [-0.3, -0.25) is 0 Å². The van der Waals surface area contributed by atoms with Crippen LogP contribution in [0, 0.1) is 19.8 Å². The fourth-order valence-electron chi connectivity index (χ4n) is 2.57. The molecule has 0 saturated carbocycles. The third-order valence-electron chi connectivity index (χ3n) is 3.86. The Hall–Kier alpha value is -1.22. The van der Waals surface area contributed by atoms with Crippen molar-refractivity contribution < 1.29 is 10.2 Å². The monoisotopic (exact) mass is 235 g/mol. The molecule has 3 N–H and O–H groups in total. The van der Waals surface area contributed by atoms with Crippen LogP contribution in [0.15, 0.2) is 6.07 Å². The highest BCUT2D eigenvalue weighted by molar-refractivity contribution is 5.51. The van der Waals surface area contributed by atoms with Gasteiger partial charge >= 0.3 is 0 Å². The molecule has 1 unspecified atom stereocenters. The minimum Gasteiger partial charge on any atom is -0.504 e. The van der Waals surface area contributed by atoms with Gasteiger partial charge in [-0.15, -0.1) is 0 Å². The van der Waals surface area contributed by atoms with Crippen LogP contribution in [-0.2, 0) is 6.42 Å². The normalized spacial score (nSPS) is 20.5. The van der Waals surface area contributed by atoms with Crippen molar-refractivity contribution in [2.75, 3.05) is 13.1 Å². The van der Waals surface area contributed by atoms with Crippen molar-refractivity contribution >= 4 is 0 Å². The molecular formula is C14H21NO2. The van der Waals surface area contributed by atoms with Crippen molar-refractivity contribution in [2.24, 2.45) is 5.92 Å². The summed E-state index contributed by atoms with van der Waals surface area (Å²) < 4.78 is 0. The molecule has 1 heterocycles. The van der Waals surface area contributed by atoms with Gasteiger partial charge in [-0.25, -0.2) is 0 Å². The molecule has 1 fully saturated rings. The summed E-state index contributed by atoms with van der Waals surface area (Å²) in [4.78, 5) is 0. The average Bonchev–Trinajstić information content (AvgIpc) is 2.35. The molecule has 17 heavy (non-hydrogen) atoms. The first kappa shape index (κ1) is 12.2. The van der Waals surface area contributed by atoms with Crippen LogP contribution in [0.3, 0.4) is 0 Å². The fraction of sp³-hybridized carbons (Fsp3) is 0.571. The van der Waals surface area contributed by atoms with Gasteiger partial charge < -0.3 is 15.5 Å². The third-order valence-corrected chi connectivity index (χ3v) is 3.86. The van der Waals surface area contributed by atoms with E-state index in [0.29, 0.717) is 5.92 Å². The minimum absolute atomic E-state index is 0.00636. The van der Waals surface area contributed by atoms with Crippen LogP contribution in [0.1, 0.15) is 29.5 Å². The summed E-state index contributed by atoms with van der Waals surface area (Å²) in [6.45, 7) is 6.04. The maximum absolute atomic E-state index is 9.67. The zero-order valence-electron chi connectivity index (χ0n) is 10.6. The van der Waals surface area contributed by atoms with Gasteiger partial charge in [-0.1, -0.05) is 0 Å². The average molecular weight is 235 g/mol. The zero-order valence-corrected chi connectivity index (χ0v) is 10.6. The van der Waals surface area contributed by atoms with Crippen molar-refractivity contribution in [3.63, 3.8) is 0 Å². The van der Waals surface area contributed by atoms with Crippen LogP contribution in [-0.4, -0.2) is 23.3 Å². The predicted molar refractivity (Wildman–Crippen MR) is 68.5 cm³/mol. The zero-order chi connectivity index (χ0) is 12.4. The second-order valence-electron chi connectivity index (χ2n) is 5.07. The van der Waals surface area contributed by atoms with Crippen LogP contribution >= 0.6 is 0 Å². The van der Waals surface area contributed by atoms with Crippen LogP contribution in [0.5, 0.6) is 11.5 Å². The Morgan fingerprint density at radius 1 is 1.29 bits per heavy atom. The first-order valence-corrected chi connectivity index (χ1v) is 6.31. The van der Waals surface area contributed by atoms with E-state index in [1.54, 1.807) is 6.07 Å². The maximum Gasteiger partial charge on any atom is 0.160 e. The SMILES string of the molecule is Cc1c(CC2CCCNC2)cc(O)c(O)c1C. The molecule has 1 saturated heterocycles. The summed E-state index contributed by atoms with van der Waals surface area (Å²) in [6.07, 6.45) is 3.45. The maximum atomic E-state index is 9.67. The number of benzene rings is 1. The quantitative estimate of drug-likeness (QED) is 0.689. The van der Waals surface area contributed by atoms with Crippen molar-refractivity contribution in [3.05, 3.63) is 22.8 Å². The Bertz CT molecular complexity index is 409. The van der Waals surface area contributed by atoms with E-state index in [1.165, 1.54) is 12.8 Å². The van der Waals surface area contributed by atoms with Gasteiger partial charge in [-0.05, 0) is 74.9 Å². The van der Waals surface area contributed by atoms with Gasteiger partial charge in [0.05, 0.1) is 0 Å². The molecule has 0 amide bonds. The van der Waals surface area contributed by atoms with E-state index in [4.69, 9.17) is 0 Å². The summed E-state index contributed by atoms with van der Waals surface area (Å²) >= 11 is 0. The molecule has 0 radical (unpaired) electrons. The van der Waals surface area contributed by atoms with Gasteiger partial charge in [-0.2, -0.15) is 0 Å². The Morgan fingerprint density at radius 2 is 2.06 bits per heavy atom. The lowest BCUT2D eigenvalue weighted by atomic mass is 9.89. The first-order chi connectivity index (χ1) is 8.09. The van der Waals surface area contributed by atoms with Crippen LogP contribution < -0.4 is 5.32 Å². The molecule has 1 aliphatic heterocycles. The van der Waals surface area contributed by atoms with E-state index >= 15 is 0 Å². The smallest absolute Gasteiger partial charge is 0.160 e. The molecule has 1 aliphatic rings. The number of hydrogen-bond acceptors (Lipinski definition) is 3. The lowest BCUT2D eigenvalue weighted by molar-refractivity contribution is 0.372. The lowest BCUT2D eigenvalue weighted by Crippen LogP contribution is -2.31. The number of aromatic hydroxyl groups is 2. The number of nitrogens with one attached hydrogen (secondary N) is 1. The van der Waals surface area contributed by atoms with Crippen LogP contribution in [0.4, 0.5) is 0 Å². The van der Waals surface area contributed by atoms with E-state index < -0.39 is 0 Å². The lowest BCUT2D eigenvalue weighted by Gasteiger charge is -2.24. The van der Waals surface area contributed by atoms with E-state index in [-0.39, 0.29) is 11.5 Å². The Kier molecular flexibility index (Phi) is 3.57. The summed E-state index contributed by atoms with van der Waals surface area (Å²) in [5.41, 5.74) is 3.06. The molecule has 1 atom stereocenters. The Morgan fingerprint density at radius 3 is 2.71 bits per heavy atom. The van der Waals surface area contributed by atoms with Crippen molar-refractivity contribution in [3.8, 4) is 11.5 Å². The second kappa shape index (κ2) is 4.96. The van der Waals surface area contributed by atoms with Gasteiger partial charge in [0.15, 0.2) is 11.5 Å². The summed E-state index contributed by atoms with van der Waals surface area (Å²) in [6, 6.07) is 1.71. The number of phenols is 2. The molecule has 94 valence electrons. The summed E-state index contributed by atoms with van der Waals surface area (Å²) in [5, 5.41) is 22.7. The summed E-state index contributed by atoms with van der Waals surface area (Å²) in [5.74, 6) is 0.672. The highest BCUT2D eigenvalue weighted by Crippen LogP contribution is 2.34. The van der Waals surface area contributed by atoms with Crippen molar-refractivity contribution in [1.29, 1.82) is 0 Å². The highest BCUT2D eigenvalue weighted by Gasteiger charge is 2.17. The molecule has 0 aromatic heterocycles. The van der Waals surface area contributed by atoms with E-state index in [1.807, 2.05) is 13.8 Å². The Balaban J connectivity index is 2.20. The molecular weight excluding hydrogens is 214 g/mol. The molecule has 1 aromatic rings. The van der Waals surface area contributed by atoms with Crippen LogP contribution in [0.25, 0.3) is 0 Å². The molecule has 0 aliphatic carbocycles.